The summed E-state index contributed by atoms with van der Waals surface area (Å²) in [6.07, 6.45) is 4.72. The molecule has 1 rings (SSSR count). The lowest BCUT2D eigenvalue weighted by atomic mass is 9.87. The largest absolute Gasteiger partial charge is 0.351 e. The molecule has 1 aromatic rings. The Kier molecular flexibility index (Phi) is 6.77. The fraction of sp³-hybridized carbons (Fsp3) is 0.600. The van der Waals surface area contributed by atoms with E-state index in [0.717, 1.165) is 6.42 Å². The summed E-state index contributed by atoms with van der Waals surface area (Å²) < 4.78 is 0. The fourth-order valence-corrected chi connectivity index (χ4v) is 2.42. The van der Waals surface area contributed by atoms with Gasteiger partial charge in [0.05, 0.1) is 0 Å². The minimum absolute atomic E-state index is 0.0887. The smallest absolute Gasteiger partial charge is 0.251 e. The maximum absolute atomic E-state index is 12.1. The minimum atomic E-state index is -0.167. The molecule has 1 heterocycles. The van der Waals surface area contributed by atoms with Gasteiger partial charge in [0, 0.05) is 12.1 Å². The minimum Gasteiger partial charge on any atom is -0.351 e. The number of unbranched alkanes of at least 4 members (excludes halogenated alkanes) is 2. The van der Waals surface area contributed by atoms with E-state index >= 15 is 0 Å². The normalized spacial score (nSPS) is 11.4. The number of carbonyl (C=O) groups is 1. The first-order valence-electron chi connectivity index (χ1n) is 6.95. The summed E-state index contributed by atoms with van der Waals surface area (Å²) in [4.78, 5) is 15.9. The van der Waals surface area contributed by atoms with Crippen LogP contribution in [0.2, 0.25) is 10.3 Å². The number of aromatic nitrogens is 1. The molecule has 0 aliphatic heterocycles. The Bertz CT molecular complexity index is 441. The molecule has 1 N–H and O–H groups in total. The zero-order valence-electron chi connectivity index (χ0n) is 12.3. The van der Waals surface area contributed by atoms with Gasteiger partial charge in [-0.05, 0) is 24.0 Å². The molecule has 0 atom stereocenters. The van der Waals surface area contributed by atoms with Gasteiger partial charge in [0.1, 0.15) is 10.3 Å². The van der Waals surface area contributed by atoms with Crippen LogP contribution in [0.3, 0.4) is 0 Å². The Morgan fingerprint density at radius 3 is 2.40 bits per heavy atom. The molecular weight excluding hydrogens is 295 g/mol. The van der Waals surface area contributed by atoms with E-state index in [1.807, 2.05) is 0 Å². The second-order valence-electron chi connectivity index (χ2n) is 5.81. The molecule has 0 aliphatic rings. The number of halogens is 2. The lowest BCUT2D eigenvalue weighted by Gasteiger charge is -2.25. The van der Waals surface area contributed by atoms with Gasteiger partial charge in [0.25, 0.3) is 5.91 Å². The van der Waals surface area contributed by atoms with E-state index in [1.165, 1.54) is 31.4 Å². The first kappa shape index (κ1) is 17.3. The van der Waals surface area contributed by atoms with Crippen molar-refractivity contribution in [1.82, 2.24) is 10.3 Å². The third-order valence-electron chi connectivity index (χ3n) is 3.21. The lowest BCUT2D eigenvalue weighted by Crippen LogP contribution is -2.34. The number of nitrogens with zero attached hydrogens (tertiary/aromatic N) is 1. The summed E-state index contributed by atoms with van der Waals surface area (Å²) in [5.41, 5.74) is 0.533. The van der Waals surface area contributed by atoms with Gasteiger partial charge in [-0.15, -0.1) is 0 Å². The summed E-state index contributed by atoms with van der Waals surface area (Å²) in [5, 5.41) is 3.39. The average Bonchev–Trinajstić information content (AvgIpc) is 2.35. The van der Waals surface area contributed by atoms with Crippen molar-refractivity contribution in [2.24, 2.45) is 5.41 Å². The highest BCUT2D eigenvalue weighted by molar-refractivity contribution is 6.33. The van der Waals surface area contributed by atoms with E-state index in [4.69, 9.17) is 23.2 Å². The molecule has 0 radical (unpaired) electrons. The van der Waals surface area contributed by atoms with Crippen molar-refractivity contribution in [3.05, 3.63) is 28.0 Å². The Hall–Kier alpha value is -0.800. The number of pyridine rings is 1. The highest BCUT2D eigenvalue weighted by Gasteiger charge is 2.19. The van der Waals surface area contributed by atoms with Gasteiger partial charge in [-0.25, -0.2) is 4.98 Å². The molecule has 0 saturated carbocycles. The van der Waals surface area contributed by atoms with Crippen LogP contribution in [0.5, 0.6) is 0 Å². The monoisotopic (exact) mass is 316 g/mol. The van der Waals surface area contributed by atoms with Gasteiger partial charge in [-0.2, -0.15) is 0 Å². The Morgan fingerprint density at radius 1 is 1.25 bits per heavy atom. The maximum Gasteiger partial charge on any atom is 0.251 e. The molecule has 0 unspecified atom stereocenters. The van der Waals surface area contributed by atoms with E-state index in [-0.39, 0.29) is 21.6 Å². The Morgan fingerprint density at radius 2 is 1.85 bits per heavy atom. The first-order valence-corrected chi connectivity index (χ1v) is 7.71. The van der Waals surface area contributed by atoms with Crippen molar-refractivity contribution in [2.75, 3.05) is 6.54 Å². The summed E-state index contributed by atoms with van der Waals surface area (Å²) in [6, 6.07) is 3.04. The van der Waals surface area contributed by atoms with Crippen molar-refractivity contribution < 1.29 is 4.79 Å². The zero-order valence-corrected chi connectivity index (χ0v) is 13.8. The molecular formula is C15H22Cl2N2O. The van der Waals surface area contributed by atoms with Crippen LogP contribution in [0.1, 0.15) is 56.8 Å². The van der Waals surface area contributed by atoms with E-state index in [0.29, 0.717) is 12.1 Å². The summed E-state index contributed by atoms with van der Waals surface area (Å²) in [5.74, 6) is -0.167. The van der Waals surface area contributed by atoms with E-state index in [2.05, 4.69) is 31.1 Å². The molecule has 0 bridgehead atoms. The second-order valence-corrected chi connectivity index (χ2v) is 6.58. The third-order valence-corrected chi connectivity index (χ3v) is 3.60. The van der Waals surface area contributed by atoms with Crippen molar-refractivity contribution in [2.45, 2.75) is 46.5 Å². The Labute approximate surface area is 131 Å². The van der Waals surface area contributed by atoms with E-state index < -0.39 is 0 Å². The van der Waals surface area contributed by atoms with Crippen molar-refractivity contribution >= 4 is 29.1 Å². The van der Waals surface area contributed by atoms with Crippen LogP contribution in [-0.2, 0) is 0 Å². The van der Waals surface area contributed by atoms with Crippen LogP contribution < -0.4 is 5.32 Å². The second kappa shape index (κ2) is 7.84. The topological polar surface area (TPSA) is 42.0 Å². The van der Waals surface area contributed by atoms with Gasteiger partial charge < -0.3 is 5.32 Å². The molecule has 5 heteroatoms. The first-order chi connectivity index (χ1) is 9.34. The summed E-state index contributed by atoms with van der Waals surface area (Å²) in [7, 11) is 0. The van der Waals surface area contributed by atoms with Crippen LogP contribution in [0.4, 0.5) is 0 Å². The molecule has 3 nitrogen and oxygen atoms in total. The zero-order chi connectivity index (χ0) is 15.2. The number of nitrogens with one attached hydrogen (secondary N) is 1. The predicted octanol–water partition coefficient (Wildman–Crippen LogP) is 4.72. The van der Waals surface area contributed by atoms with Crippen LogP contribution >= 0.6 is 23.2 Å². The van der Waals surface area contributed by atoms with Gasteiger partial charge in [0.15, 0.2) is 0 Å². The lowest BCUT2D eigenvalue weighted by molar-refractivity contribution is 0.0934. The average molecular weight is 317 g/mol. The molecule has 0 saturated heterocycles. The molecule has 0 aromatic carbocycles. The molecule has 1 amide bonds. The van der Waals surface area contributed by atoms with E-state index in [1.54, 1.807) is 0 Å². The molecule has 112 valence electrons. The highest BCUT2D eigenvalue weighted by atomic mass is 35.5. The van der Waals surface area contributed by atoms with Crippen molar-refractivity contribution in [3.63, 3.8) is 0 Å². The molecule has 0 fully saturated rings. The predicted molar refractivity (Wildman–Crippen MR) is 84.5 cm³/mol. The fourth-order valence-electron chi connectivity index (χ4n) is 1.96. The molecule has 1 aromatic heterocycles. The molecule has 0 spiro atoms. The van der Waals surface area contributed by atoms with Crippen molar-refractivity contribution in [3.8, 4) is 0 Å². The van der Waals surface area contributed by atoms with Gasteiger partial charge in [0.2, 0.25) is 0 Å². The SMILES string of the molecule is CCCCCC(C)(C)CNC(=O)c1cc(Cl)nc(Cl)c1. The van der Waals surface area contributed by atoms with Crippen molar-refractivity contribution in [1.29, 1.82) is 0 Å². The summed E-state index contributed by atoms with van der Waals surface area (Å²) in [6.45, 7) is 7.14. The van der Waals surface area contributed by atoms with Crippen LogP contribution in [0.25, 0.3) is 0 Å². The maximum atomic E-state index is 12.1. The van der Waals surface area contributed by atoms with Crippen LogP contribution in [0, 0.1) is 5.41 Å². The Balaban J connectivity index is 2.53. The van der Waals surface area contributed by atoms with Crippen LogP contribution in [-0.4, -0.2) is 17.4 Å². The van der Waals surface area contributed by atoms with Crippen LogP contribution in [0.15, 0.2) is 12.1 Å². The summed E-state index contributed by atoms with van der Waals surface area (Å²) >= 11 is 11.6. The number of rotatable bonds is 7. The number of hydrogen-bond donors (Lipinski definition) is 1. The van der Waals surface area contributed by atoms with Gasteiger partial charge in [-0.3, -0.25) is 4.79 Å². The number of amides is 1. The molecule has 0 aliphatic carbocycles. The number of hydrogen-bond acceptors (Lipinski definition) is 2. The highest BCUT2D eigenvalue weighted by Crippen LogP contribution is 2.23. The van der Waals surface area contributed by atoms with Gasteiger partial charge >= 0.3 is 0 Å². The van der Waals surface area contributed by atoms with E-state index in [9.17, 15) is 4.79 Å². The quantitative estimate of drug-likeness (QED) is 0.584. The van der Waals surface area contributed by atoms with Gasteiger partial charge in [-0.1, -0.05) is 63.2 Å². The number of carbonyl (C=O) groups excluding carboxylic acids is 1. The standard InChI is InChI=1S/C15H22Cl2N2O/c1-4-5-6-7-15(2,3)10-18-14(20)11-8-12(16)19-13(17)9-11/h8-9H,4-7,10H2,1-3H3,(H,18,20). The third kappa shape index (κ3) is 6.10. The molecule has 20 heavy (non-hydrogen) atoms.